The number of hydrogen-bond acceptors (Lipinski definition) is 4. The van der Waals surface area contributed by atoms with Gasteiger partial charge in [0.15, 0.2) is 6.61 Å². The van der Waals surface area contributed by atoms with Crippen LogP contribution in [0.5, 0.6) is 0 Å². The molecule has 0 bridgehead atoms. The molecular formula is C18H14F2N2O3. The van der Waals surface area contributed by atoms with Crippen LogP contribution in [0.4, 0.5) is 8.78 Å². The second-order valence-electron chi connectivity index (χ2n) is 5.22. The van der Waals surface area contributed by atoms with Gasteiger partial charge in [0.2, 0.25) is 0 Å². The average Bonchev–Trinajstić information content (AvgIpc) is 2.59. The van der Waals surface area contributed by atoms with Gasteiger partial charge >= 0.3 is 5.97 Å². The molecule has 128 valence electrons. The van der Waals surface area contributed by atoms with E-state index in [2.05, 4.69) is 5.32 Å². The Morgan fingerprint density at radius 2 is 2.00 bits per heavy atom. The number of rotatable bonds is 5. The van der Waals surface area contributed by atoms with Crippen LogP contribution in [0.3, 0.4) is 0 Å². The number of esters is 1. The van der Waals surface area contributed by atoms with Crippen LogP contribution in [0.2, 0.25) is 0 Å². The predicted molar refractivity (Wildman–Crippen MR) is 84.4 cm³/mol. The molecule has 25 heavy (non-hydrogen) atoms. The van der Waals surface area contributed by atoms with Gasteiger partial charge in [0.1, 0.15) is 11.6 Å². The summed E-state index contributed by atoms with van der Waals surface area (Å²) >= 11 is 0. The number of nitriles is 1. The third kappa shape index (κ3) is 4.85. The number of nitrogens with zero attached hydrogens (tertiary/aromatic N) is 1. The highest BCUT2D eigenvalue weighted by Crippen LogP contribution is 2.17. The summed E-state index contributed by atoms with van der Waals surface area (Å²) in [7, 11) is 0. The summed E-state index contributed by atoms with van der Waals surface area (Å²) in [5.41, 5.74) is 0.548. The van der Waals surface area contributed by atoms with Crippen molar-refractivity contribution in [2.75, 3.05) is 6.61 Å². The number of nitrogens with one attached hydrogen (secondary N) is 1. The first-order chi connectivity index (χ1) is 11.9. The topological polar surface area (TPSA) is 79.2 Å². The molecule has 0 radical (unpaired) electrons. The van der Waals surface area contributed by atoms with Crippen LogP contribution in [0.1, 0.15) is 34.5 Å². The molecule has 0 unspecified atom stereocenters. The fourth-order valence-electron chi connectivity index (χ4n) is 2.14. The Hall–Kier alpha value is -3.27. The number of halogens is 2. The number of hydrogen-bond donors (Lipinski definition) is 1. The number of ether oxygens (including phenoxy) is 1. The van der Waals surface area contributed by atoms with E-state index in [0.29, 0.717) is 5.56 Å². The van der Waals surface area contributed by atoms with Crippen molar-refractivity contribution in [2.24, 2.45) is 0 Å². The SMILES string of the molecule is C[C@@H](NC(=O)COC(=O)c1cccc(C#N)c1)c1ccc(F)cc1F. The summed E-state index contributed by atoms with van der Waals surface area (Å²) in [5, 5.41) is 11.2. The number of carbonyl (C=O) groups excluding carboxylic acids is 2. The highest BCUT2D eigenvalue weighted by Gasteiger charge is 2.16. The Kier molecular flexibility index (Phi) is 5.79. The molecule has 2 rings (SSSR count). The Balaban J connectivity index is 1.91. The minimum atomic E-state index is -0.780. The van der Waals surface area contributed by atoms with Crippen molar-refractivity contribution in [1.29, 1.82) is 5.26 Å². The Morgan fingerprint density at radius 1 is 1.24 bits per heavy atom. The van der Waals surface area contributed by atoms with Crippen molar-refractivity contribution >= 4 is 11.9 Å². The second kappa shape index (κ2) is 8.02. The van der Waals surface area contributed by atoms with Crippen molar-refractivity contribution in [1.82, 2.24) is 5.32 Å². The fraction of sp³-hybridized carbons (Fsp3) is 0.167. The molecule has 0 heterocycles. The molecule has 0 saturated carbocycles. The van der Waals surface area contributed by atoms with Crippen molar-refractivity contribution < 1.29 is 23.1 Å². The average molecular weight is 344 g/mol. The van der Waals surface area contributed by atoms with Gasteiger partial charge in [0.05, 0.1) is 23.2 Å². The fourth-order valence-corrected chi connectivity index (χ4v) is 2.14. The van der Waals surface area contributed by atoms with Crippen molar-refractivity contribution in [2.45, 2.75) is 13.0 Å². The van der Waals surface area contributed by atoms with Gasteiger partial charge in [-0.2, -0.15) is 5.26 Å². The normalized spacial score (nSPS) is 11.3. The molecule has 5 nitrogen and oxygen atoms in total. The molecule has 0 aromatic heterocycles. The van der Waals surface area contributed by atoms with Crippen LogP contribution in [0, 0.1) is 23.0 Å². The third-order valence-electron chi connectivity index (χ3n) is 3.37. The van der Waals surface area contributed by atoms with E-state index in [4.69, 9.17) is 10.00 Å². The van der Waals surface area contributed by atoms with E-state index in [1.165, 1.54) is 37.3 Å². The molecule has 0 saturated heterocycles. The first-order valence-corrected chi connectivity index (χ1v) is 7.32. The van der Waals surface area contributed by atoms with Gasteiger partial charge in [0, 0.05) is 11.6 Å². The zero-order chi connectivity index (χ0) is 18.4. The predicted octanol–water partition coefficient (Wildman–Crippen LogP) is 2.87. The summed E-state index contributed by atoms with van der Waals surface area (Å²) in [6.07, 6.45) is 0. The number of benzene rings is 2. The molecule has 0 aliphatic carbocycles. The maximum absolute atomic E-state index is 13.7. The lowest BCUT2D eigenvalue weighted by atomic mass is 10.1. The van der Waals surface area contributed by atoms with Gasteiger partial charge in [-0.3, -0.25) is 4.79 Å². The highest BCUT2D eigenvalue weighted by molar-refractivity contribution is 5.91. The first kappa shape index (κ1) is 18.1. The van der Waals surface area contributed by atoms with Gasteiger partial charge in [-0.25, -0.2) is 13.6 Å². The van der Waals surface area contributed by atoms with Crippen LogP contribution in [-0.2, 0) is 9.53 Å². The first-order valence-electron chi connectivity index (χ1n) is 7.32. The van der Waals surface area contributed by atoms with E-state index in [-0.39, 0.29) is 11.1 Å². The molecule has 0 spiro atoms. The molecule has 2 aromatic carbocycles. The molecule has 1 N–H and O–H groups in total. The molecule has 1 amide bonds. The smallest absolute Gasteiger partial charge is 0.338 e. The zero-order valence-corrected chi connectivity index (χ0v) is 13.3. The van der Waals surface area contributed by atoms with E-state index in [0.717, 1.165) is 12.1 Å². The molecule has 2 aromatic rings. The summed E-state index contributed by atoms with van der Waals surface area (Å²) in [6.45, 7) is 0.954. The van der Waals surface area contributed by atoms with Crippen LogP contribution < -0.4 is 5.32 Å². The lowest BCUT2D eigenvalue weighted by molar-refractivity contribution is -0.124. The van der Waals surface area contributed by atoms with Gasteiger partial charge in [-0.05, 0) is 31.2 Å². The van der Waals surface area contributed by atoms with Crippen molar-refractivity contribution in [3.8, 4) is 6.07 Å². The minimum Gasteiger partial charge on any atom is -0.452 e. The minimum absolute atomic E-state index is 0.114. The second-order valence-corrected chi connectivity index (χ2v) is 5.22. The quantitative estimate of drug-likeness (QED) is 0.846. The summed E-state index contributed by atoms with van der Waals surface area (Å²) in [5.74, 6) is -2.89. The lowest BCUT2D eigenvalue weighted by Crippen LogP contribution is -2.31. The standard InChI is InChI=1S/C18H14F2N2O3/c1-11(15-6-5-14(19)8-16(15)20)22-17(23)10-25-18(24)13-4-2-3-12(7-13)9-21/h2-8,11H,10H2,1H3,(H,22,23)/t11-/m1/s1. The summed E-state index contributed by atoms with van der Waals surface area (Å²) in [6, 6.07) is 10.1. The molecule has 1 atom stereocenters. The lowest BCUT2D eigenvalue weighted by Gasteiger charge is -2.15. The largest absolute Gasteiger partial charge is 0.452 e. The van der Waals surface area contributed by atoms with Crippen LogP contribution >= 0.6 is 0 Å². The van der Waals surface area contributed by atoms with Crippen LogP contribution in [0.15, 0.2) is 42.5 Å². The molecule has 0 fully saturated rings. The summed E-state index contributed by atoms with van der Waals surface area (Å²) < 4.78 is 31.4. The maximum Gasteiger partial charge on any atom is 0.338 e. The van der Waals surface area contributed by atoms with Crippen molar-refractivity contribution in [3.63, 3.8) is 0 Å². The van der Waals surface area contributed by atoms with Crippen LogP contribution in [0.25, 0.3) is 0 Å². The number of carbonyl (C=O) groups is 2. The molecular weight excluding hydrogens is 330 g/mol. The van der Waals surface area contributed by atoms with Crippen molar-refractivity contribution in [3.05, 3.63) is 70.8 Å². The van der Waals surface area contributed by atoms with Gasteiger partial charge < -0.3 is 10.1 Å². The Morgan fingerprint density at radius 3 is 2.68 bits per heavy atom. The van der Waals surface area contributed by atoms with Gasteiger partial charge in [-0.15, -0.1) is 0 Å². The van der Waals surface area contributed by atoms with E-state index in [1.54, 1.807) is 0 Å². The van der Waals surface area contributed by atoms with E-state index >= 15 is 0 Å². The van der Waals surface area contributed by atoms with E-state index < -0.39 is 36.2 Å². The summed E-state index contributed by atoms with van der Waals surface area (Å²) in [4.78, 5) is 23.7. The van der Waals surface area contributed by atoms with E-state index in [1.807, 2.05) is 6.07 Å². The third-order valence-corrected chi connectivity index (χ3v) is 3.37. The van der Waals surface area contributed by atoms with Crippen LogP contribution in [-0.4, -0.2) is 18.5 Å². The molecule has 7 heteroatoms. The maximum atomic E-state index is 13.7. The number of amides is 1. The molecule has 0 aliphatic rings. The monoisotopic (exact) mass is 344 g/mol. The highest BCUT2D eigenvalue weighted by atomic mass is 19.1. The van der Waals surface area contributed by atoms with Gasteiger partial charge in [-0.1, -0.05) is 12.1 Å². The molecule has 0 aliphatic heterocycles. The van der Waals surface area contributed by atoms with Gasteiger partial charge in [0.25, 0.3) is 5.91 Å². The zero-order valence-electron chi connectivity index (χ0n) is 13.3. The Labute approximate surface area is 142 Å². The van der Waals surface area contributed by atoms with E-state index in [9.17, 15) is 18.4 Å². The Bertz CT molecular complexity index is 846.